The number of anilines is 3. The highest BCUT2D eigenvalue weighted by Gasteiger charge is 2.17. The fourth-order valence-corrected chi connectivity index (χ4v) is 7.82. The summed E-state index contributed by atoms with van der Waals surface area (Å²) in [6, 6.07) is 75.6. The molecule has 0 spiro atoms. The molecule has 10 rings (SSSR count). The summed E-state index contributed by atoms with van der Waals surface area (Å²) in [6.07, 6.45) is 0. The van der Waals surface area contributed by atoms with Crippen molar-refractivity contribution in [1.29, 1.82) is 0 Å². The predicted octanol–water partition coefficient (Wildman–Crippen LogP) is 14.9. The van der Waals surface area contributed by atoms with Crippen LogP contribution in [0.1, 0.15) is 0 Å². The van der Waals surface area contributed by atoms with E-state index in [-0.39, 0.29) is 0 Å². The van der Waals surface area contributed by atoms with Gasteiger partial charge in [-0.2, -0.15) is 0 Å². The summed E-state index contributed by atoms with van der Waals surface area (Å²) in [5, 5.41) is 4.71. The van der Waals surface area contributed by atoms with Crippen molar-refractivity contribution in [2.75, 3.05) is 4.90 Å². The summed E-state index contributed by atoms with van der Waals surface area (Å²) in [4.78, 5) is 2.34. The predicted molar refractivity (Wildman–Crippen MR) is 228 cm³/mol. The molecule has 0 saturated carbocycles. The molecule has 0 aliphatic rings. The number of hydrogen-bond acceptors (Lipinski definition) is 2. The van der Waals surface area contributed by atoms with Gasteiger partial charge in [-0.1, -0.05) is 176 Å². The van der Waals surface area contributed by atoms with E-state index in [1.54, 1.807) is 0 Å². The molecule has 0 unspecified atom stereocenters. The number of rotatable bonds is 7. The normalized spacial score (nSPS) is 11.3. The molecular weight excluding hydrogens is 655 g/mol. The molecule has 0 aliphatic carbocycles. The summed E-state index contributed by atoms with van der Waals surface area (Å²) in [6.45, 7) is 0. The van der Waals surface area contributed by atoms with E-state index in [0.29, 0.717) is 0 Å². The van der Waals surface area contributed by atoms with Crippen molar-refractivity contribution in [2.24, 2.45) is 0 Å². The van der Waals surface area contributed by atoms with Gasteiger partial charge in [-0.15, -0.1) is 0 Å². The third-order valence-electron chi connectivity index (χ3n) is 10.5. The SMILES string of the molecule is c1ccc(-c2cccc3c2oc2c(-c4cccc(-c5ccc(-c6ccc(N(c7ccccc7)c7cccc8ccccc78)cc6)cc5)c4)cccc23)cc1. The Morgan fingerprint density at radius 2 is 0.759 bits per heavy atom. The fraction of sp³-hybridized carbons (Fsp3) is 0. The smallest absolute Gasteiger partial charge is 0.143 e. The molecule has 0 radical (unpaired) electrons. The Bertz CT molecular complexity index is 2900. The first-order chi connectivity index (χ1) is 26.8. The Hall–Kier alpha value is -7.16. The monoisotopic (exact) mass is 689 g/mol. The van der Waals surface area contributed by atoms with Crippen molar-refractivity contribution < 1.29 is 4.42 Å². The molecule has 254 valence electrons. The van der Waals surface area contributed by atoms with Gasteiger partial charge in [-0.3, -0.25) is 0 Å². The van der Waals surface area contributed by atoms with Gasteiger partial charge in [0.15, 0.2) is 0 Å². The lowest BCUT2D eigenvalue weighted by molar-refractivity contribution is 0.671. The van der Waals surface area contributed by atoms with Gasteiger partial charge < -0.3 is 9.32 Å². The first-order valence-electron chi connectivity index (χ1n) is 18.4. The molecule has 0 saturated heterocycles. The minimum atomic E-state index is 0.915. The van der Waals surface area contributed by atoms with Gasteiger partial charge in [0.2, 0.25) is 0 Å². The lowest BCUT2D eigenvalue weighted by Gasteiger charge is -2.27. The van der Waals surface area contributed by atoms with Crippen LogP contribution in [0, 0.1) is 0 Å². The molecule has 0 atom stereocenters. The second kappa shape index (κ2) is 13.4. The van der Waals surface area contributed by atoms with Crippen molar-refractivity contribution in [2.45, 2.75) is 0 Å². The Balaban J connectivity index is 0.961. The first kappa shape index (κ1) is 31.6. The minimum absolute atomic E-state index is 0.915. The Morgan fingerprint density at radius 3 is 1.46 bits per heavy atom. The van der Waals surface area contributed by atoms with Crippen LogP contribution in [0.3, 0.4) is 0 Å². The largest absolute Gasteiger partial charge is 0.455 e. The number of benzene rings is 9. The van der Waals surface area contributed by atoms with Crippen LogP contribution in [0.2, 0.25) is 0 Å². The molecule has 0 bridgehead atoms. The zero-order valence-electron chi connectivity index (χ0n) is 29.6. The van der Waals surface area contributed by atoms with Crippen molar-refractivity contribution in [1.82, 2.24) is 0 Å². The molecule has 9 aromatic carbocycles. The number of hydrogen-bond donors (Lipinski definition) is 0. The molecule has 0 amide bonds. The zero-order valence-corrected chi connectivity index (χ0v) is 29.6. The highest BCUT2D eigenvalue weighted by Crippen LogP contribution is 2.42. The minimum Gasteiger partial charge on any atom is -0.455 e. The van der Waals surface area contributed by atoms with Crippen LogP contribution in [0.25, 0.3) is 77.2 Å². The summed E-state index contributed by atoms with van der Waals surface area (Å²) in [5.41, 5.74) is 14.4. The third-order valence-corrected chi connectivity index (χ3v) is 10.5. The molecule has 54 heavy (non-hydrogen) atoms. The number of nitrogens with zero attached hydrogens (tertiary/aromatic N) is 1. The Labute approximate surface area is 314 Å². The van der Waals surface area contributed by atoms with Gasteiger partial charge in [-0.25, -0.2) is 0 Å². The van der Waals surface area contributed by atoms with Crippen LogP contribution >= 0.6 is 0 Å². The van der Waals surface area contributed by atoms with E-state index < -0.39 is 0 Å². The molecule has 2 nitrogen and oxygen atoms in total. The van der Waals surface area contributed by atoms with Gasteiger partial charge in [0.25, 0.3) is 0 Å². The van der Waals surface area contributed by atoms with Crippen molar-refractivity contribution in [3.8, 4) is 44.5 Å². The van der Waals surface area contributed by atoms with E-state index in [1.807, 2.05) is 6.07 Å². The molecular formula is C52H35NO. The van der Waals surface area contributed by atoms with E-state index in [2.05, 4.69) is 211 Å². The van der Waals surface area contributed by atoms with Gasteiger partial charge in [-0.05, 0) is 75.2 Å². The second-order valence-electron chi connectivity index (χ2n) is 13.7. The van der Waals surface area contributed by atoms with E-state index >= 15 is 0 Å². The Kier molecular flexibility index (Phi) is 7.85. The average molecular weight is 690 g/mol. The molecule has 2 heteroatoms. The first-order valence-corrected chi connectivity index (χ1v) is 18.4. The van der Waals surface area contributed by atoms with Gasteiger partial charge >= 0.3 is 0 Å². The molecule has 10 aromatic rings. The lowest BCUT2D eigenvalue weighted by atomic mass is 9.96. The fourth-order valence-electron chi connectivity index (χ4n) is 7.82. The zero-order chi connectivity index (χ0) is 35.8. The molecule has 0 aliphatic heterocycles. The number of furan rings is 1. The van der Waals surface area contributed by atoms with E-state index in [9.17, 15) is 0 Å². The van der Waals surface area contributed by atoms with Crippen LogP contribution in [-0.4, -0.2) is 0 Å². The standard InChI is InChI=1S/C52H35NO/c1-3-13-40(14-4-1)46-22-11-24-48-49-25-12-23-47(52(49)54-51(46)48)42-18-9-17-41(35-42)38-29-27-36(28-30-38)37-31-33-44(34-32-37)53(43-19-5-2-6-20-43)50-26-10-16-39-15-7-8-21-45(39)50/h1-35H. The van der Waals surface area contributed by atoms with Gasteiger partial charge in [0, 0.05) is 38.7 Å². The number of fused-ring (bicyclic) bond motifs is 4. The highest BCUT2D eigenvalue weighted by atomic mass is 16.3. The summed E-state index contributed by atoms with van der Waals surface area (Å²) < 4.78 is 6.72. The van der Waals surface area contributed by atoms with Gasteiger partial charge in [0.05, 0.1) is 5.69 Å². The Morgan fingerprint density at radius 1 is 0.296 bits per heavy atom. The maximum atomic E-state index is 6.72. The van der Waals surface area contributed by atoms with E-state index in [1.165, 1.54) is 33.0 Å². The van der Waals surface area contributed by atoms with Crippen molar-refractivity contribution in [3.05, 3.63) is 212 Å². The second-order valence-corrected chi connectivity index (χ2v) is 13.7. The summed E-state index contributed by atoms with van der Waals surface area (Å²) in [5.74, 6) is 0. The lowest BCUT2D eigenvalue weighted by Crippen LogP contribution is -2.10. The van der Waals surface area contributed by atoms with Crippen molar-refractivity contribution in [3.63, 3.8) is 0 Å². The maximum Gasteiger partial charge on any atom is 0.143 e. The topological polar surface area (TPSA) is 16.4 Å². The van der Waals surface area contributed by atoms with Crippen molar-refractivity contribution >= 4 is 49.8 Å². The van der Waals surface area contributed by atoms with Crippen LogP contribution in [-0.2, 0) is 0 Å². The summed E-state index contributed by atoms with van der Waals surface area (Å²) in [7, 11) is 0. The van der Waals surface area contributed by atoms with Gasteiger partial charge in [0.1, 0.15) is 11.2 Å². The van der Waals surface area contributed by atoms with Crippen LogP contribution < -0.4 is 4.90 Å². The molecule has 1 aromatic heterocycles. The van der Waals surface area contributed by atoms with Crippen LogP contribution in [0.4, 0.5) is 17.1 Å². The third kappa shape index (κ3) is 5.62. The average Bonchev–Trinajstić information content (AvgIpc) is 3.64. The van der Waals surface area contributed by atoms with Crippen LogP contribution in [0.15, 0.2) is 217 Å². The maximum absolute atomic E-state index is 6.72. The van der Waals surface area contributed by atoms with Crippen LogP contribution in [0.5, 0.6) is 0 Å². The molecule has 1 heterocycles. The summed E-state index contributed by atoms with van der Waals surface area (Å²) >= 11 is 0. The number of para-hydroxylation sites is 3. The quantitative estimate of drug-likeness (QED) is 0.166. The van der Waals surface area contributed by atoms with E-state index in [0.717, 1.165) is 61.3 Å². The molecule has 0 N–H and O–H groups in total. The molecule has 0 fully saturated rings. The van der Waals surface area contributed by atoms with E-state index in [4.69, 9.17) is 4.42 Å². The highest BCUT2D eigenvalue weighted by molar-refractivity contribution is 6.13.